The van der Waals surface area contributed by atoms with Gasteiger partial charge in [-0.1, -0.05) is 18.2 Å². The Hall–Kier alpha value is -3.27. The van der Waals surface area contributed by atoms with Gasteiger partial charge in [0, 0.05) is 6.20 Å². The lowest BCUT2D eigenvalue weighted by atomic mass is 10.2. The molecule has 3 aromatic rings. The van der Waals surface area contributed by atoms with Crippen molar-refractivity contribution in [3.05, 3.63) is 60.2 Å². The average Bonchev–Trinajstić information content (AvgIpc) is 3.06. The molecular formula is C16H14N6O3S. The van der Waals surface area contributed by atoms with Crippen LogP contribution in [0, 0.1) is 0 Å². The smallest absolute Gasteiger partial charge is 0.291 e. The van der Waals surface area contributed by atoms with Crippen molar-refractivity contribution in [2.45, 2.75) is 17.9 Å². The Morgan fingerprint density at radius 1 is 1.19 bits per heavy atom. The first-order valence-electron chi connectivity index (χ1n) is 7.77. The minimum atomic E-state index is -3.75. The van der Waals surface area contributed by atoms with Crippen LogP contribution < -0.4 is 10.0 Å². The highest BCUT2D eigenvalue weighted by Gasteiger charge is 2.31. The first kappa shape index (κ1) is 16.2. The van der Waals surface area contributed by atoms with Crippen LogP contribution in [0.25, 0.3) is 5.69 Å². The Bertz CT molecular complexity index is 1090. The van der Waals surface area contributed by atoms with Crippen LogP contribution in [0.1, 0.15) is 29.3 Å². The maximum absolute atomic E-state index is 12.5. The highest BCUT2D eigenvalue weighted by Crippen LogP contribution is 2.29. The number of rotatable bonds is 3. The van der Waals surface area contributed by atoms with Crippen LogP contribution in [0.4, 0.5) is 5.95 Å². The number of para-hydroxylation sites is 1. The van der Waals surface area contributed by atoms with Gasteiger partial charge in [-0.3, -0.25) is 9.78 Å². The first-order valence-corrected chi connectivity index (χ1v) is 9.25. The number of pyridine rings is 1. The van der Waals surface area contributed by atoms with Gasteiger partial charge in [0.15, 0.2) is 0 Å². The molecule has 0 fully saturated rings. The van der Waals surface area contributed by atoms with E-state index in [1.165, 1.54) is 10.7 Å². The molecule has 0 saturated carbocycles. The lowest BCUT2D eigenvalue weighted by Gasteiger charge is -2.17. The van der Waals surface area contributed by atoms with Crippen molar-refractivity contribution in [3.8, 4) is 5.69 Å². The standard InChI is InChI=1S/C16H14N6O3S/c1-10(11-6-4-5-9-17-11)18-15(23)14-19-16-21-26(24,25)13-8-3-2-7-12(13)22(16)20-14/h2-10H,1H3,(H,18,23)(H,19,20,21). The molecule has 0 spiro atoms. The summed E-state index contributed by atoms with van der Waals surface area (Å²) >= 11 is 0. The second kappa shape index (κ2) is 5.92. The number of hydrogen-bond acceptors (Lipinski definition) is 6. The second-order valence-corrected chi connectivity index (χ2v) is 7.34. The number of nitrogens with zero attached hydrogens (tertiary/aromatic N) is 4. The number of benzene rings is 1. The van der Waals surface area contributed by atoms with Crippen molar-refractivity contribution < 1.29 is 13.2 Å². The van der Waals surface area contributed by atoms with E-state index in [1.54, 1.807) is 43.5 Å². The molecule has 0 aliphatic carbocycles. The molecular weight excluding hydrogens is 356 g/mol. The summed E-state index contributed by atoms with van der Waals surface area (Å²) in [7, 11) is -3.75. The topological polar surface area (TPSA) is 119 Å². The van der Waals surface area contributed by atoms with Crippen molar-refractivity contribution in [2.24, 2.45) is 0 Å². The average molecular weight is 370 g/mol. The van der Waals surface area contributed by atoms with E-state index in [1.807, 2.05) is 6.07 Å². The third-order valence-electron chi connectivity index (χ3n) is 3.90. The third-order valence-corrected chi connectivity index (χ3v) is 5.27. The summed E-state index contributed by atoms with van der Waals surface area (Å²) < 4.78 is 28.2. The molecule has 1 aliphatic rings. The molecule has 3 heterocycles. The van der Waals surface area contributed by atoms with E-state index in [9.17, 15) is 13.2 Å². The van der Waals surface area contributed by atoms with Crippen LogP contribution in [0.2, 0.25) is 0 Å². The van der Waals surface area contributed by atoms with Gasteiger partial charge in [0.1, 0.15) is 4.90 Å². The van der Waals surface area contributed by atoms with Gasteiger partial charge in [0.2, 0.25) is 11.8 Å². The predicted octanol–water partition coefficient (Wildman–Crippen LogP) is 1.27. The molecule has 1 atom stereocenters. The fourth-order valence-electron chi connectivity index (χ4n) is 2.64. The van der Waals surface area contributed by atoms with Gasteiger partial charge >= 0.3 is 0 Å². The predicted molar refractivity (Wildman–Crippen MR) is 92.3 cm³/mol. The molecule has 4 rings (SSSR count). The van der Waals surface area contributed by atoms with E-state index in [2.05, 4.69) is 25.1 Å². The molecule has 1 unspecified atom stereocenters. The molecule has 132 valence electrons. The quantitative estimate of drug-likeness (QED) is 0.717. The van der Waals surface area contributed by atoms with Crippen LogP contribution in [0.3, 0.4) is 0 Å². The monoisotopic (exact) mass is 370 g/mol. The van der Waals surface area contributed by atoms with Crippen LogP contribution in [0.15, 0.2) is 53.6 Å². The van der Waals surface area contributed by atoms with E-state index >= 15 is 0 Å². The Morgan fingerprint density at radius 3 is 2.73 bits per heavy atom. The molecule has 26 heavy (non-hydrogen) atoms. The molecule has 9 nitrogen and oxygen atoms in total. The molecule has 10 heteroatoms. The Labute approximate surface area is 149 Å². The molecule has 1 amide bonds. The van der Waals surface area contributed by atoms with Gasteiger partial charge in [0.05, 0.1) is 17.4 Å². The first-order chi connectivity index (χ1) is 12.5. The van der Waals surface area contributed by atoms with Crippen molar-refractivity contribution in [1.29, 1.82) is 0 Å². The number of carbonyl (C=O) groups is 1. The van der Waals surface area contributed by atoms with Gasteiger partial charge in [-0.2, -0.15) is 9.67 Å². The van der Waals surface area contributed by atoms with Crippen molar-refractivity contribution in [1.82, 2.24) is 25.1 Å². The summed E-state index contributed by atoms with van der Waals surface area (Å²) in [6.07, 6.45) is 1.64. The number of hydrogen-bond donors (Lipinski definition) is 2. The molecule has 1 aliphatic heterocycles. The zero-order valence-electron chi connectivity index (χ0n) is 13.6. The lowest BCUT2D eigenvalue weighted by molar-refractivity contribution is 0.0928. The fraction of sp³-hybridized carbons (Fsp3) is 0.125. The number of anilines is 1. The van der Waals surface area contributed by atoms with E-state index in [0.29, 0.717) is 11.4 Å². The number of amides is 1. The number of sulfonamides is 1. The molecule has 1 aromatic carbocycles. The summed E-state index contributed by atoms with van der Waals surface area (Å²) in [6, 6.07) is 11.4. The Balaban J connectivity index is 1.66. The van der Waals surface area contributed by atoms with Gasteiger partial charge < -0.3 is 5.32 Å². The van der Waals surface area contributed by atoms with Crippen molar-refractivity contribution in [3.63, 3.8) is 0 Å². The second-order valence-electron chi connectivity index (χ2n) is 5.69. The molecule has 0 radical (unpaired) electrons. The largest absolute Gasteiger partial charge is 0.341 e. The Kier molecular flexibility index (Phi) is 3.69. The maximum atomic E-state index is 12.5. The number of aromatic nitrogens is 4. The number of fused-ring (bicyclic) bond motifs is 3. The van der Waals surface area contributed by atoms with Gasteiger partial charge in [-0.15, -0.1) is 5.10 Å². The van der Waals surface area contributed by atoms with E-state index in [-0.39, 0.29) is 22.7 Å². The zero-order valence-corrected chi connectivity index (χ0v) is 14.4. The van der Waals surface area contributed by atoms with Crippen LogP contribution in [-0.4, -0.2) is 34.1 Å². The normalized spacial score (nSPS) is 15.3. The SMILES string of the molecule is CC(NC(=O)c1nc2n(n1)-c1ccccc1S(=O)(=O)N2)c1ccccn1. The summed E-state index contributed by atoms with van der Waals surface area (Å²) in [4.78, 5) is 20.7. The van der Waals surface area contributed by atoms with Crippen molar-refractivity contribution in [2.75, 3.05) is 4.72 Å². The van der Waals surface area contributed by atoms with E-state index in [4.69, 9.17) is 0 Å². The Morgan fingerprint density at radius 2 is 1.96 bits per heavy atom. The van der Waals surface area contributed by atoms with Crippen LogP contribution >= 0.6 is 0 Å². The highest BCUT2D eigenvalue weighted by atomic mass is 32.2. The molecule has 2 N–H and O–H groups in total. The van der Waals surface area contributed by atoms with Crippen LogP contribution in [0.5, 0.6) is 0 Å². The minimum Gasteiger partial charge on any atom is -0.341 e. The fourth-order valence-corrected chi connectivity index (χ4v) is 3.81. The van der Waals surface area contributed by atoms with Crippen molar-refractivity contribution >= 4 is 21.9 Å². The summed E-state index contributed by atoms with van der Waals surface area (Å²) in [5, 5.41) is 6.90. The summed E-state index contributed by atoms with van der Waals surface area (Å²) in [5.41, 5.74) is 1.03. The number of nitrogens with one attached hydrogen (secondary N) is 2. The molecule has 2 aromatic heterocycles. The highest BCUT2D eigenvalue weighted by molar-refractivity contribution is 7.92. The molecule has 0 bridgehead atoms. The van der Waals surface area contributed by atoms with Gasteiger partial charge in [0.25, 0.3) is 15.9 Å². The summed E-state index contributed by atoms with van der Waals surface area (Å²) in [5.74, 6) is -0.691. The number of carbonyl (C=O) groups excluding carboxylic acids is 1. The summed E-state index contributed by atoms with van der Waals surface area (Å²) in [6.45, 7) is 1.79. The lowest BCUT2D eigenvalue weighted by Crippen LogP contribution is -2.28. The van der Waals surface area contributed by atoms with Crippen LogP contribution in [-0.2, 0) is 10.0 Å². The maximum Gasteiger partial charge on any atom is 0.291 e. The van der Waals surface area contributed by atoms with Gasteiger partial charge in [-0.25, -0.2) is 13.1 Å². The molecule has 0 saturated heterocycles. The van der Waals surface area contributed by atoms with E-state index in [0.717, 1.165) is 0 Å². The zero-order chi connectivity index (χ0) is 18.3. The third kappa shape index (κ3) is 2.69. The van der Waals surface area contributed by atoms with E-state index < -0.39 is 15.9 Å². The minimum absolute atomic E-state index is 0.0284. The van der Waals surface area contributed by atoms with Gasteiger partial charge in [-0.05, 0) is 31.2 Å².